The lowest BCUT2D eigenvalue weighted by Gasteiger charge is -2.55. The van der Waals surface area contributed by atoms with Gasteiger partial charge in [-0.15, -0.1) is 0 Å². The number of nitrogens with one attached hydrogen (secondary N) is 1. The van der Waals surface area contributed by atoms with Crippen molar-refractivity contribution in [1.82, 2.24) is 0 Å². The van der Waals surface area contributed by atoms with Crippen LogP contribution in [0.25, 0.3) is 0 Å². The Bertz CT molecular complexity index is 749. The minimum absolute atomic E-state index is 0.0626. The Morgan fingerprint density at radius 2 is 1.67 bits per heavy atom. The number of benzene rings is 1. The molecule has 4 aliphatic rings. The summed E-state index contributed by atoms with van der Waals surface area (Å²) in [6.45, 7) is 3.10. The number of rotatable bonds is 5. The van der Waals surface area contributed by atoms with Crippen molar-refractivity contribution >= 4 is 23.3 Å². The molecule has 4 fully saturated rings. The molecule has 1 aromatic carbocycles. The molecule has 0 radical (unpaired) electrons. The quantitative estimate of drug-likeness (QED) is 0.629. The molecule has 4 bridgehead atoms. The first-order valence-electron chi connectivity index (χ1n) is 9.97. The number of ether oxygens (including phenoxy) is 1. The third-order valence-corrected chi connectivity index (χ3v) is 6.66. The van der Waals surface area contributed by atoms with Crippen molar-refractivity contribution in [2.24, 2.45) is 23.2 Å². The Balaban J connectivity index is 1.39. The van der Waals surface area contributed by atoms with Crippen LogP contribution in [0.1, 0.15) is 62.7 Å². The van der Waals surface area contributed by atoms with Crippen molar-refractivity contribution in [3.63, 3.8) is 0 Å². The Kier molecular flexibility index (Phi) is 4.57. The zero-order chi connectivity index (χ0) is 19.2. The van der Waals surface area contributed by atoms with Gasteiger partial charge in [-0.05, 0) is 82.3 Å². The van der Waals surface area contributed by atoms with Gasteiger partial charge < -0.3 is 10.1 Å². The number of carbonyl (C=O) groups is 3. The van der Waals surface area contributed by atoms with Crippen LogP contribution < -0.4 is 5.32 Å². The Morgan fingerprint density at radius 3 is 2.22 bits per heavy atom. The zero-order valence-electron chi connectivity index (χ0n) is 16.0. The Morgan fingerprint density at radius 1 is 1.07 bits per heavy atom. The van der Waals surface area contributed by atoms with Crippen LogP contribution in [-0.2, 0) is 14.3 Å². The van der Waals surface area contributed by atoms with Gasteiger partial charge >= 0.3 is 5.97 Å². The number of esters is 1. The second-order valence-electron chi connectivity index (χ2n) is 8.87. The first-order valence-corrected chi connectivity index (χ1v) is 9.97. The smallest absolute Gasteiger partial charge is 0.312 e. The van der Waals surface area contributed by atoms with Crippen LogP contribution in [0.2, 0.25) is 0 Å². The molecule has 0 heterocycles. The highest BCUT2D eigenvalue weighted by molar-refractivity contribution is 5.98. The van der Waals surface area contributed by atoms with Crippen molar-refractivity contribution in [2.75, 3.05) is 5.32 Å². The average Bonchev–Trinajstić information content (AvgIpc) is 2.60. The van der Waals surface area contributed by atoms with Gasteiger partial charge in [0.15, 0.2) is 11.9 Å². The molecular weight excluding hydrogens is 342 g/mol. The summed E-state index contributed by atoms with van der Waals surface area (Å²) in [5, 5.41) is 2.75. The van der Waals surface area contributed by atoms with E-state index in [0.29, 0.717) is 29.0 Å². The van der Waals surface area contributed by atoms with Gasteiger partial charge in [0.05, 0.1) is 5.41 Å². The maximum Gasteiger partial charge on any atom is 0.312 e. The van der Waals surface area contributed by atoms with Crippen LogP contribution in [0.3, 0.4) is 0 Å². The molecule has 0 saturated heterocycles. The molecule has 144 valence electrons. The molecule has 0 aliphatic heterocycles. The normalized spacial score (nSPS) is 32.0. The highest BCUT2D eigenvalue weighted by Gasteiger charge is 2.55. The van der Waals surface area contributed by atoms with Crippen molar-refractivity contribution in [3.8, 4) is 0 Å². The van der Waals surface area contributed by atoms with E-state index in [1.807, 2.05) is 0 Å². The van der Waals surface area contributed by atoms with Crippen molar-refractivity contribution in [2.45, 2.75) is 58.5 Å². The summed E-state index contributed by atoms with van der Waals surface area (Å²) in [6.07, 6.45) is 5.69. The second kappa shape index (κ2) is 6.77. The molecule has 5 rings (SSSR count). The molecule has 5 heteroatoms. The molecule has 27 heavy (non-hydrogen) atoms. The summed E-state index contributed by atoms with van der Waals surface area (Å²) in [5.41, 5.74) is 0.703. The van der Waals surface area contributed by atoms with Crippen molar-refractivity contribution < 1.29 is 19.1 Å². The third-order valence-electron chi connectivity index (χ3n) is 6.66. The average molecular weight is 369 g/mol. The van der Waals surface area contributed by atoms with Crippen LogP contribution in [0, 0.1) is 23.2 Å². The van der Waals surface area contributed by atoms with Crippen LogP contribution in [0.5, 0.6) is 0 Å². The van der Waals surface area contributed by atoms with E-state index in [-0.39, 0.29) is 23.1 Å². The van der Waals surface area contributed by atoms with E-state index in [0.717, 1.165) is 19.3 Å². The highest BCUT2D eigenvalue weighted by atomic mass is 16.5. The number of amides is 1. The zero-order valence-corrected chi connectivity index (χ0v) is 16.0. The van der Waals surface area contributed by atoms with E-state index >= 15 is 0 Å². The fraction of sp³-hybridized carbons (Fsp3) is 0.591. The second-order valence-corrected chi connectivity index (χ2v) is 8.87. The van der Waals surface area contributed by atoms with Gasteiger partial charge in [0.25, 0.3) is 5.91 Å². The number of ketones is 1. The Labute approximate surface area is 159 Å². The van der Waals surface area contributed by atoms with Gasteiger partial charge in [-0.3, -0.25) is 14.4 Å². The molecule has 0 aromatic heterocycles. The SMILES string of the molecule is CC(=O)c1cccc(NC(=O)[C@H](C)OC(=O)C23CC4CC(CC(C4)C2)C3)c1. The van der Waals surface area contributed by atoms with Crippen molar-refractivity contribution in [3.05, 3.63) is 29.8 Å². The fourth-order valence-electron chi connectivity index (χ4n) is 5.76. The molecule has 1 N–H and O–H groups in total. The summed E-state index contributed by atoms with van der Waals surface area (Å²) in [5.74, 6) is 1.34. The maximum absolute atomic E-state index is 13.0. The standard InChI is InChI=1S/C22H27NO4/c1-13(24)18-4-3-5-19(9-18)23-20(25)14(2)27-21(26)22-10-15-6-16(11-22)8-17(7-15)12-22/h3-5,9,14-17H,6-8,10-12H2,1-2H3,(H,23,25)/t14-,15?,16?,17?,22?/m0/s1. The molecule has 4 aliphatic carbocycles. The number of hydrogen-bond donors (Lipinski definition) is 1. The molecule has 1 amide bonds. The molecule has 0 unspecified atom stereocenters. The first-order chi connectivity index (χ1) is 12.8. The molecular formula is C22H27NO4. The minimum atomic E-state index is -0.855. The molecule has 5 nitrogen and oxygen atoms in total. The largest absolute Gasteiger partial charge is 0.452 e. The van der Waals surface area contributed by atoms with E-state index in [2.05, 4.69) is 5.32 Å². The topological polar surface area (TPSA) is 72.5 Å². The fourth-order valence-corrected chi connectivity index (χ4v) is 5.76. The lowest BCUT2D eigenvalue weighted by atomic mass is 9.49. The van der Waals surface area contributed by atoms with E-state index in [4.69, 9.17) is 4.74 Å². The molecule has 1 atom stereocenters. The molecule has 1 aromatic rings. The Hall–Kier alpha value is -2.17. The lowest BCUT2D eigenvalue weighted by molar-refractivity contribution is -0.177. The highest BCUT2D eigenvalue weighted by Crippen LogP contribution is 2.60. The van der Waals surface area contributed by atoms with Gasteiger partial charge in [-0.25, -0.2) is 0 Å². The monoisotopic (exact) mass is 369 g/mol. The summed E-state index contributed by atoms with van der Waals surface area (Å²) in [4.78, 5) is 36.9. The first kappa shape index (κ1) is 18.2. The van der Waals surface area contributed by atoms with Crippen LogP contribution in [0.4, 0.5) is 5.69 Å². The summed E-state index contributed by atoms with van der Waals surface area (Å²) < 4.78 is 5.63. The maximum atomic E-state index is 13.0. The summed E-state index contributed by atoms with van der Waals surface area (Å²) in [7, 11) is 0. The number of Topliss-reactive ketones (excluding diaryl/α,β-unsaturated/α-hetero) is 1. The molecule has 0 spiro atoms. The van der Waals surface area contributed by atoms with E-state index in [1.165, 1.54) is 26.2 Å². The summed E-state index contributed by atoms with van der Waals surface area (Å²) in [6, 6.07) is 6.78. The number of hydrogen-bond acceptors (Lipinski definition) is 4. The van der Waals surface area contributed by atoms with Gasteiger partial charge in [-0.1, -0.05) is 12.1 Å². The van der Waals surface area contributed by atoms with E-state index in [1.54, 1.807) is 31.2 Å². The number of carbonyl (C=O) groups excluding carboxylic acids is 3. The van der Waals surface area contributed by atoms with Crippen molar-refractivity contribution in [1.29, 1.82) is 0 Å². The van der Waals surface area contributed by atoms with Crippen LogP contribution >= 0.6 is 0 Å². The van der Waals surface area contributed by atoms with Crippen LogP contribution in [0.15, 0.2) is 24.3 Å². The van der Waals surface area contributed by atoms with Gasteiger partial charge in [-0.2, -0.15) is 0 Å². The summed E-state index contributed by atoms with van der Waals surface area (Å²) >= 11 is 0. The predicted octanol–water partition coefficient (Wildman–Crippen LogP) is 3.98. The van der Waals surface area contributed by atoms with E-state index in [9.17, 15) is 14.4 Å². The lowest BCUT2D eigenvalue weighted by Crippen LogP contribution is -2.51. The van der Waals surface area contributed by atoms with Gasteiger partial charge in [0.2, 0.25) is 0 Å². The van der Waals surface area contributed by atoms with Gasteiger partial charge in [0.1, 0.15) is 0 Å². The van der Waals surface area contributed by atoms with E-state index < -0.39 is 6.10 Å². The van der Waals surface area contributed by atoms with Crippen LogP contribution in [-0.4, -0.2) is 23.8 Å². The number of anilines is 1. The molecule has 4 saturated carbocycles. The predicted molar refractivity (Wildman–Crippen MR) is 101 cm³/mol. The van der Waals surface area contributed by atoms with Gasteiger partial charge in [0, 0.05) is 11.3 Å². The minimum Gasteiger partial charge on any atom is -0.452 e. The third kappa shape index (κ3) is 3.52.